The summed E-state index contributed by atoms with van der Waals surface area (Å²) in [4.78, 5) is 0. The Balaban J connectivity index is 1.57. The highest BCUT2D eigenvalue weighted by Crippen LogP contribution is 2.12. The minimum atomic E-state index is 0.873. The first kappa shape index (κ1) is 13.1. The highest BCUT2D eigenvalue weighted by Gasteiger charge is 2.01. The molecule has 0 fully saturated rings. The zero-order valence-corrected chi connectivity index (χ0v) is 11.5. The van der Waals surface area contributed by atoms with Crippen LogP contribution in [0.1, 0.15) is 12.1 Å². The number of hydrogen-bond donors (Lipinski definition) is 1. The van der Waals surface area contributed by atoms with Crippen molar-refractivity contribution in [3.05, 3.63) is 24.0 Å². The van der Waals surface area contributed by atoms with E-state index in [9.17, 15) is 0 Å². The number of aryl methyl sites for hydroxylation is 2. The third kappa shape index (κ3) is 3.58. The summed E-state index contributed by atoms with van der Waals surface area (Å²) in [5.41, 5.74) is 1.31. The van der Waals surface area contributed by atoms with E-state index in [2.05, 4.69) is 50.8 Å². The van der Waals surface area contributed by atoms with Crippen LogP contribution in [-0.4, -0.2) is 37.1 Å². The number of rotatable bonds is 7. The van der Waals surface area contributed by atoms with Crippen LogP contribution in [0.3, 0.4) is 0 Å². The number of nitrogens with zero attached hydrogens (tertiary/aromatic N) is 5. The molecule has 0 spiro atoms. The van der Waals surface area contributed by atoms with Gasteiger partial charge in [0.25, 0.3) is 0 Å². The predicted octanol–water partition coefficient (Wildman–Crippen LogP) is 0.821. The van der Waals surface area contributed by atoms with Crippen molar-refractivity contribution in [3.63, 3.8) is 0 Å². The third-order valence-corrected chi connectivity index (χ3v) is 3.76. The van der Waals surface area contributed by atoms with Crippen LogP contribution in [-0.2, 0) is 20.6 Å². The van der Waals surface area contributed by atoms with Gasteiger partial charge < -0.3 is 9.88 Å². The van der Waals surface area contributed by atoms with E-state index in [1.165, 1.54) is 5.69 Å². The topological polar surface area (TPSA) is 60.6 Å². The van der Waals surface area contributed by atoms with E-state index in [0.29, 0.717) is 0 Å². The Morgan fingerprint density at radius 3 is 2.94 bits per heavy atom. The first-order valence-corrected chi connectivity index (χ1v) is 6.92. The largest absolute Gasteiger partial charge is 0.353 e. The molecule has 2 rings (SSSR count). The summed E-state index contributed by atoms with van der Waals surface area (Å²) in [5, 5.41) is 15.6. The van der Waals surface area contributed by atoms with Crippen LogP contribution in [0.2, 0.25) is 0 Å². The van der Waals surface area contributed by atoms with Crippen molar-refractivity contribution in [2.24, 2.45) is 14.1 Å². The Hall–Kier alpha value is -1.34. The van der Waals surface area contributed by atoms with Gasteiger partial charge in [-0.1, -0.05) is 11.8 Å². The molecule has 98 valence electrons. The van der Waals surface area contributed by atoms with Gasteiger partial charge in [0.15, 0.2) is 0 Å². The molecule has 0 radical (unpaired) electrons. The molecule has 0 atom stereocenters. The molecule has 0 unspecified atom stereocenters. The molecule has 0 aromatic carbocycles. The lowest BCUT2D eigenvalue weighted by Crippen LogP contribution is -2.17. The van der Waals surface area contributed by atoms with Crippen molar-refractivity contribution in [2.75, 3.05) is 12.3 Å². The average Bonchev–Trinajstić information content (AvgIpc) is 2.94. The Labute approximate surface area is 111 Å². The van der Waals surface area contributed by atoms with Crippen LogP contribution < -0.4 is 5.32 Å². The van der Waals surface area contributed by atoms with Crippen molar-refractivity contribution < 1.29 is 0 Å². The van der Waals surface area contributed by atoms with E-state index in [1.54, 1.807) is 16.4 Å². The standard InChI is InChI=1S/C11H18N6S/c1-16-7-3-5-10(16)9-12-6-4-8-18-11-13-14-15-17(11)2/h3,5,7,12H,4,6,8-9H2,1-2H3. The minimum Gasteiger partial charge on any atom is -0.353 e. The highest BCUT2D eigenvalue weighted by molar-refractivity contribution is 7.99. The van der Waals surface area contributed by atoms with E-state index in [1.807, 2.05) is 7.05 Å². The zero-order valence-electron chi connectivity index (χ0n) is 10.7. The fraction of sp³-hybridized carbons (Fsp3) is 0.545. The zero-order chi connectivity index (χ0) is 12.8. The second-order valence-corrected chi connectivity index (χ2v) is 5.14. The number of hydrogen-bond acceptors (Lipinski definition) is 5. The molecule has 6 nitrogen and oxygen atoms in total. The quantitative estimate of drug-likeness (QED) is 0.594. The number of aromatic nitrogens is 5. The summed E-state index contributed by atoms with van der Waals surface area (Å²) in [6.45, 7) is 1.92. The molecule has 1 N–H and O–H groups in total. The summed E-state index contributed by atoms with van der Waals surface area (Å²) < 4.78 is 3.83. The van der Waals surface area contributed by atoms with Crippen LogP contribution in [0, 0.1) is 0 Å². The summed E-state index contributed by atoms with van der Waals surface area (Å²) >= 11 is 1.69. The monoisotopic (exact) mass is 266 g/mol. The van der Waals surface area contributed by atoms with Crippen LogP contribution in [0.25, 0.3) is 0 Å². The first-order valence-electron chi connectivity index (χ1n) is 5.93. The van der Waals surface area contributed by atoms with E-state index < -0.39 is 0 Å². The molecule has 0 aliphatic rings. The molecular formula is C11H18N6S. The van der Waals surface area contributed by atoms with Crippen molar-refractivity contribution in [1.82, 2.24) is 30.1 Å². The summed E-state index contributed by atoms with van der Waals surface area (Å²) in [6, 6.07) is 4.20. The highest BCUT2D eigenvalue weighted by atomic mass is 32.2. The molecule has 2 aromatic heterocycles. The number of nitrogens with one attached hydrogen (secondary N) is 1. The minimum absolute atomic E-state index is 0.873. The summed E-state index contributed by atoms with van der Waals surface area (Å²) in [7, 11) is 3.92. The van der Waals surface area contributed by atoms with E-state index in [-0.39, 0.29) is 0 Å². The van der Waals surface area contributed by atoms with Gasteiger partial charge in [-0.3, -0.25) is 0 Å². The lowest BCUT2D eigenvalue weighted by Gasteiger charge is -2.05. The maximum Gasteiger partial charge on any atom is 0.209 e. The summed E-state index contributed by atoms with van der Waals surface area (Å²) in [6.07, 6.45) is 3.16. The first-order chi connectivity index (χ1) is 8.77. The molecule has 2 aromatic rings. The molecule has 0 saturated heterocycles. The maximum atomic E-state index is 3.93. The average molecular weight is 266 g/mol. The van der Waals surface area contributed by atoms with Gasteiger partial charge in [-0.25, -0.2) is 4.68 Å². The fourth-order valence-electron chi connectivity index (χ4n) is 1.60. The van der Waals surface area contributed by atoms with E-state index in [0.717, 1.165) is 30.4 Å². The van der Waals surface area contributed by atoms with Crippen LogP contribution in [0.4, 0.5) is 0 Å². The van der Waals surface area contributed by atoms with Gasteiger partial charge in [-0.15, -0.1) is 5.10 Å². The molecule has 0 saturated carbocycles. The SMILES string of the molecule is Cn1cccc1CNCCCSc1nnnn1C. The Morgan fingerprint density at radius 1 is 1.39 bits per heavy atom. The van der Waals surface area contributed by atoms with Gasteiger partial charge in [0.1, 0.15) is 0 Å². The third-order valence-electron chi connectivity index (χ3n) is 2.67. The molecule has 0 aliphatic carbocycles. The molecule has 18 heavy (non-hydrogen) atoms. The van der Waals surface area contributed by atoms with Crippen LogP contribution in [0.15, 0.2) is 23.5 Å². The second kappa shape index (κ2) is 6.55. The molecule has 7 heteroatoms. The van der Waals surface area contributed by atoms with Crippen LogP contribution in [0.5, 0.6) is 0 Å². The van der Waals surface area contributed by atoms with Crippen molar-refractivity contribution in [1.29, 1.82) is 0 Å². The fourth-order valence-corrected chi connectivity index (χ4v) is 2.39. The van der Waals surface area contributed by atoms with Crippen molar-refractivity contribution >= 4 is 11.8 Å². The van der Waals surface area contributed by atoms with E-state index in [4.69, 9.17) is 0 Å². The lowest BCUT2D eigenvalue weighted by atomic mass is 10.4. The van der Waals surface area contributed by atoms with Gasteiger partial charge in [-0.2, -0.15) is 0 Å². The summed E-state index contributed by atoms with van der Waals surface area (Å²) in [5.74, 6) is 1.02. The second-order valence-electron chi connectivity index (χ2n) is 4.07. The van der Waals surface area contributed by atoms with Gasteiger partial charge in [0.05, 0.1) is 0 Å². The van der Waals surface area contributed by atoms with Crippen molar-refractivity contribution in [3.8, 4) is 0 Å². The van der Waals surface area contributed by atoms with Gasteiger partial charge in [0, 0.05) is 38.3 Å². The molecule has 2 heterocycles. The predicted molar refractivity (Wildman–Crippen MR) is 71.3 cm³/mol. The molecule has 0 bridgehead atoms. The Morgan fingerprint density at radius 2 is 2.28 bits per heavy atom. The van der Waals surface area contributed by atoms with Gasteiger partial charge in [0.2, 0.25) is 5.16 Å². The van der Waals surface area contributed by atoms with Gasteiger partial charge in [-0.05, 0) is 35.5 Å². The smallest absolute Gasteiger partial charge is 0.209 e. The van der Waals surface area contributed by atoms with Gasteiger partial charge >= 0.3 is 0 Å². The van der Waals surface area contributed by atoms with Crippen molar-refractivity contribution in [2.45, 2.75) is 18.1 Å². The lowest BCUT2D eigenvalue weighted by molar-refractivity contribution is 0.644. The maximum absolute atomic E-state index is 3.93. The normalized spacial score (nSPS) is 11.0. The number of thioether (sulfide) groups is 1. The number of tetrazole rings is 1. The Bertz CT molecular complexity index is 433. The molecule has 0 aliphatic heterocycles. The molecular weight excluding hydrogens is 248 g/mol. The Kier molecular flexibility index (Phi) is 4.77. The molecule has 0 amide bonds. The van der Waals surface area contributed by atoms with E-state index >= 15 is 0 Å². The van der Waals surface area contributed by atoms with Crippen LogP contribution >= 0.6 is 11.8 Å².